The number of rotatable bonds is 14. The molecule has 0 fully saturated rings. The van der Waals surface area contributed by atoms with E-state index in [0.29, 0.717) is 6.17 Å². The Hall–Kier alpha value is -0.123. The van der Waals surface area contributed by atoms with Crippen LogP contribution in [0.2, 0.25) is 6.04 Å². The van der Waals surface area contributed by atoms with Crippen molar-refractivity contribution in [3.8, 4) is 0 Å². The number of hydrogen-bond acceptors (Lipinski definition) is 2. The summed E-state index contributed by atoms with van der Waals surface area (Å²) in [6.45, 7) is 18.2. The lowest BCUT2D eigenvalue weighted by atomic mass is 10.2. The summed E-state index contributed by atoms with van der Waals surface area (Å²) in [6.07, 6.45) is 7.08. The highest BCUT2D eigenvalue weighted by molar-refractivity contribution is 6.41. The maximum absolute atomic E-state index is 3.93. The molecule has 0 aromatic heterocycles. The minimum absolute atomic E-state index is 0.0303. The molecular weight excluding hydrogens is 260 g/mol. The molecule has 0 aromatic carbocycles. The second kappa shape index (κ2) is 13.8. The normalized spacial score (nSPS) is 12.3. The highest BCUT2D eigenvalue weighted by atomic mass is 28.2. The zero-order valence-corrected chi connectivity index (χ0v) is 15.9. The summed E-state index contributed by atoms with van der Waals surface area (Å²) in [5.41, 5.74) is 2.20. The summed E-state index contributed by atoms with van der Waals surface area (Å²) >= 11 is 0. The summed E-state index contributed by atoms with van der Waals surface area (Å²) in [4.78, 5) is 5.48. The molecule has 0 aliphatic rings. The average Bonchev–Trinajstić information content (AvgIpc) is 2.44. The fourth-order valence-electron chi connectivity index (χ4n) is 3.01. The molecule has 0 radical (unpaired) electrons. The van der Waals surface area contributed by atoms with Gasteiger partial charge >= 0.3 is 0 Å². The monoisotopic (exact) mass is 298 g/mol. The largest absolute Gasteiger partial charge is 0.288 e. The van der Waals surface area contributed by atoms with Crippen LogP contribution in [0.5, 0.6) is 0 Å². The topological polar surface area (TPSA) is 6.48 Å². The van der Waals surface area contributed by atoms with Crippen molar-refractivity contribution in [2.45, 2.75) is 72.0 Å². The van der Waals surface area contributed by atoms with Gasteiger partial charge < -0.3 is 0 Å². The molecule has 0 heterocycles. The molecule has 0 atom stereocenters. The summed E-state index contributed by atoms with van der Waals surface area (Å²) in [5, 5.41) is 0. The van der Waals surface area contributed by atoms with Crippen LogP contribution in [-0.2, 0) is 0 Å². The predicted octanol–water partition coefficient (Wildman–Crippen LogP) is 3.68. The lowest BCUT2D eigenvalue weighted by Gasteiger charge is -2.40. The quantitative estimate of drug-likeness (QED) is 0.274. The molecule has 2 nitrogen and oxygen atoms in total. The smallest absolute Gasteiger partial charge is 0.0619 e. The molecule has 0 saturated heterocycles. The molecule has 0 saturated carbocycles. The summed E-state index contributed by atoms with van der Waals surface area (Å²) in [6, 6.07) is 1.40. The van der Waals surface area contributed by atoms with Gasteiger partial charge in [0.15, 0.2) is 0 Å². The summed E-state index contributed by atoms with van der Waals surface area (Å²) in [5.74, 6) is 0. The molecular formula is C17H38N2Si. The van der Waals surface area contributed by atoms with Crippen LogP contribution in [0, 0.1) is 0 Å². The third kappa shape index (κ3) is 8.23. The van der Waals surface area contributed by atoms with E-state index >= 15 is 0 Å². The third-order valence-corrected chi connectivity index (χ3v) is 4.98. The SMILES string of the molecule is C=C[SiH2]CCC(N(CCC)CCC)N(CCC)CCC. The van der Waals surface area contributed by atoms with Crippen molar-refractivity contribution in [3.05, 3.63) is 12.3 Å². The Morgan fingerprint density at radius 2 is 1.25 bits per heavy atom. The van der Waals surface area contributed by atoms with Gasteiger partial charge in [0, 0.05) is 9.52 Å². The standard InChI is InChI=1S/C17H38N2Si/c1-6-12-18(13-7-2)17(11-16-20-10-5)19(14-8-3)15-9-4/h10,17H,5-9,11-16,20H2,1-4H3. The van der Waals surface area contributed by atoms with Crippen LogP contribution in [0.15, 0.2) is 12.3 Å². The Morgan fingerprint density at radius 1 is 0.850 bits per heavy atom. The van der Waals surface area contributed by atoms with Gasteiger partial charge in [-0.2, -0.15) is 0 Å². The van der Waals surface area contributed by atoms with E-state index in [1.54, 1.807) is 0 Å². The minimum Gasteiger partial charge on any atom is -0.288 e. The van der Waals surface area contributed by atoms with Crippen molar-refractivity contribution in [2.75, 3.05) is 26.2 Å². The third-order valence-electron chi connectivity index (χ3n) is 3.76. The van der Waals surface area contributed by atoms with E-state index in [0.717, 1.165) is 0 Å². The Bertz CT molecular complexity index is 193. The average molecular weight is 299 g/mol. The highest BCUT2D eigenvalue weighted by Crippen LogP contribution is 2.15. The molecule has 0 spiro atoms. The molecule has 120 valence electrons. The fourth-order valence-corrected chi connectivity index (χ4v) is 3.90. The predicted molar refractivity (Wildman–Crippen MR) is 96.3 cm³/mol. The van der Waals surface area contributed by atoms with E-state index in [1.807, 2.05) is 0 Å². The van der Waals surface area contributed by atoms with Crippen molar-refractivity contribution in [2.24, 2.45) is 0 Å². The molecule has 0 N–H and O–H groups in total. The van der Waals surface area contributed by atoms with E-state index in [4.69, 9.17) is 0 Å². The van der Waals surface area contributed by atoms with E-state index in [1.165, 1.54) is 64.3 Å². The van der Waals surface area contributed by atoms with Crippen LogP contribution >= 0.6 is 0 Å². The van der Waals surface area contributed by atoms with Crippen LogP contribution in [0.25, 0.3) is 0 Å². The van der Waals surface area contributed by atoms with Crippen LogP contribution in [0.4, 0.5) is 0 Å². The molecule has 20 heavy (non-hydrogen) atoms. The molecule has 0 aliphatic heterocycles. The Balaban J connectivity index is 4.80. The molecule has 0 amide bonds. The van der Waals surface area contributed by atoms with E-state index < -0.39 is 0 Å². The van der Waals surface area contributed by atoms with Gasteiger partial charge in [0.25, 0.3) is 0 Å². The van der Waals surface area contributed by atoms with Crippen LogP contribution < -0.4 is 0 Å². The maximum atomic E-state index is 3.93. The first-order valence-corrected chi connectivity index (χ1v) is 10.7. The molecule has 0 unspecified atom stereocenters. The highest BCUT2D eigenvalue weighted by Gasteiger charge is 2.22. The Morgan fingerprint density at radius 3 is 1.55 bits per heavy atom. The van der Waals surface area contributed by atoms with Crippen molar-refractivity contribution in [3.63, 3.8) is 0 Å². The molecule has 0 rings (SSSR count). The molecule has 0 aromatic rings. The Kier molecular flexibility index (Phi) is 13.8. The lowest BCUT2D eigenvalue weighted by Crippen LogP contribution is -2.49. The van der Waals surface area contributed by atoms with Crippen molar-refractivity contribution < 1.29 is 0 Å². The second-order valence-corrected chi connectivity index (χ2v) is 7.63. The summed E-state index contributed by atoms with van der Waals surface area (Å²) < 4.78 is 0. The van der Waals surface area contributed by atoms with Gasteiger partial charge in [0.05, 0.1) is 6.17 Å². The first kappa shape index (κ1) is 19.9. The maximum Gasteiger partial charge on any atom is 0.0619 e. The van der Waals surface area contributed by atoms with Gasteiger partial charge in [-0.3, -0.25) is 9.80 Å². The van der Waals surface area contributed by atoms with Gasteiger partial charge in [0.2, 0.25) is 0 Å². The minimum atomic E-state index is -0.0303. The molecule has 0 aliphatic carbocycles. The zero-order chi connectivity index (χ0) is 15.2. The Labute approximate surface area is 130 Å². The van der Waals surface area contributed by atoms with Gasteiger partial charge in [-0.1, -0.05) is 33.7 Å². The lowest BCUT2D eigenvalue weighted by molar-refractivity contribution is 0.0382. The van der Waals surface area contributed by atoms with Crippen molar-refractivity contribution >= 4 is 9.52 Å². The first-order chi connectivity index (χ1) is 9.74. The van der Waals surface area contributed by atoms with Crippen molar-refractivity contribution in [1.29, 1.82) is 0 Å². The van der Waals surface area contributed by atoms with Crippen molar-refractivity contribution in [1.82, 2.24) is 9.80 Å². The van der Waals surface area contributed by atoms with E-state index in [9.17, 15) is 0 Å². The summed E-state index contributed by atoms with van der Waals surface area (Å²) in [7, 11) is -0.0303. The zero-order valence-electron chi connectivity index (χ0n) is 14.5. The van der Waals surface area contributed by atoms with Crippen LogP contribution in [0.3, 0.4) is 0 Å². The molecule has 3 heteroatoms. The van der Waals surface area contributed by atoms with Gasteiger partial charge in [-0.15, -0.1) is 12.3 Å². The van der Waals surface area contributed by atoms with E-state index in [-0.39, 0.29) is 9.52 Å². The van der Waals surface area contributed by atoms with Gasteiger partial charge in [-0.25, -0.2) is 0 Å². The fraction of sp³-hybridized carbons (Fsp3) is 0.882. The van der Waals surface area contributed by atoms with E-state index in [2.05, 4.69) is 49.8 Å². The van der Waals surface area contributed by atoms with Crippen LogP contribution in [-0.4, -0.2) is 51.7 Å². The first-order valence-electron chi connectivity index (χ1n) is 8.83. The molecule has 0 bridgehead atoms. The van der Waals surface area contributed by atoms with Gasteiger partial charge in [-0.05, 0) is 58.3 Å². The second-order valence-electron chi connectivity index (χ2n) is 5.77. The number of hydrogen-bond donors (Lipinski definition) is 0. The number of nitrogens with zero attached hydrogens (tertiary/aromatic N) is 2. The van der Waals surface area contributed by atoms with Crippen LogP contribution in [0.1, 0.15) is 59.8 Å². The van der Waals surface area contributed by atoms with Gasteiger partial charge in [0.1, 0.15) is 0 Å².